The Balaban J connectivity index is 1.62. The molecule has 2 aromatic carbocycles. The molecule has 0 aromatic heterocycles. The molecule has 0 aliphatic heterocycles. The van der Waals surface area contributed by atoms with Crippen LogP contribution in [0.3, 0.4) is 0 Å². The number of aryl methyl sites for hydroxylation is 1. The Hall–Kier alpha value is -1.60. The third-order valence-corrected chi connectivity index (χ3v) is 3.47. The standard InChI is InChI=1S/C18H22O/c19-18(17-13-7-3-8-14-17)15-9-2-6-12-16-10-4-1-5-11-16/h1,3-5,7-8,10-11,13-14,18-19H,2,6,9,12,15H2. The highest BCUT2D eigenvalue weighted by Gasteiger charge is 2.05. The topological polar surface area (TPSA) is 20.2 Å². The first-order valence-electron chi connectivity index (χ1n) is 7.13. The summed E-state index contributed by atoms with van der Waals surface area (Å²) in [5.74, 6) is 0. The minimum absolute atomic E-state index is 0.307. The van der Waals surface area contributed by atoms with Gasteiger partial charge >= 0.3 is 0 Å². The molecule has 0 aliphatic carbocycles. The molecule has 0 amide bonds. The van der Waals surface area contributed by atoms with Crippen molar-refractivity contribution in [3.05, 3.63) is 71.8 Å². The van der Waals surface area contributed by atoms with Gasteiger partial charge in [-0.05, 0) is 30.4 Å². The first kappa shape index (κ1) is 13.8. The van der Waals surface area contributed by atoms with Gasteiger partial charge in [-0.15, -0.1) is 0 Å². The quantitative estimate of drug-likeness (QED) is 0.720. The van der Waals surface area contributed by atoms with E-state index in [4.69, 9.17) is 0 Å². The third kappa shape index (κ3) is 4.88. The molecule has 0 saturated carbocycles. The maximum atomic E-state index is 10.0. The summed E-state index contributed by atoms with van der Waals surface area (Å²) < 4.78 is 0. The van der Waals surface area contributed by atoms with Gasteiger partial charge in [-0.1, -0.05) is 73.5 Å². The van der Waals surface area contributed by atoms with E-state index in [1.807, 2.05) is 30.3 Å². The Labute approximate surface area is 115 Å². The summed E-state index contributed by atoms with van der Waals surface area (Å²) >= 11 is 0. The fraction of sp³-hybridized carbons (Fsp3) is 0.333. The fourth-order valence-electron chi connectivity index (χ4n) is 2.33. The number of benzene rings is 2. The van der Waals surface area contributed by atoms with Gasteiger partial charge in [0.15, 0.2) is 0 Å². The van der Waals surface area contributed by atoms with E-state index >= 15 is 0 Å². The molecule has 1 atom stereocenters. The van der Waals surface area contributed by atoms with E-state index in [-0.39, 0.29) is 6.10 Å². The van der Waals surface area contributed by atoms with Crippen molar-refractivity contribution in [3.8, 4) is 0 Å². The molecular formula is C18H22O. The first-order chi connectivity index (χ1) is 9.36. The van der Waals surface area contributed by atoms with Crippen LogP contribution in [0, 0.1) is 0 Å². The van der Waals surface area contributed by atoms with Gasteiger partial charge < -0.3 is 5.11 Å². The zero-order valence-corrected chi connectivity index (χ0v) is 11.3. The van der Waals surface area contributed by atoms with Crippen LogP contribution in [0.2, 0.25) is 0 Å². The van der Waals surface area contributed by atoms with Gasteiger partial charge in [0.05, 0.1) is 6.10 Å². The van der Waals surface area contributed by atoms with Crippen LogP contribution in [0.25, 0.3) is 0 Å². The van der Waals surface area contributed by atoms with Crippen molar-refractivity contribution in [3.63, 3.8) is 0 Å². The second-order valence-corrected chi connectivity index (χ2v) is 5.01. The average Bonchev–Trinajstić information content (AvgIpc) is 2.49. The molecule has 0 radical (unpaired) electrons. The van der Waals surface area contributed by atoms with Crippen molar-refractivity contribution in [2.45, 2.75) is 38.2 Å². The molecular weight excluding hydrogens is 232 g/mol. The van der Waals surface area contributed by atoms with Gasteiger partial charge in [-0.3, -0.25) is 0 Å². The Morgan fingerprint density at radius 3 is 2.05 bits per heavy atom. The van der Waals surface area contributed by atoms with Crippen molar-refractivity contribution < 1.29 is 5.11 Å². The minimum atomic E-state index is -0.307. The lowest BCUT2D eigenvalue weighted by molar-refractivity contribution is 0.163. The summed E-state index contributed by atoms with van der Waals surface area (Å²) in [6, 6.07) is 20.5. The Bertz CT molecular complexity index is 450. The van der Waals surface area contributed by atoms with Crippen LogP contribution in [0.1, 0.15) is 42.9 Å². The van der Waals surface area contributed by atoms with Gasteiger partial charge in [-0.25, -0.2) is 0 Å². The lowest BCUT2D eigenvalue weighted by atomic mass is 10.0. The number of hydrogen-bond donors (Lipinski definition) is 1. The summed E-state index contributed by atoms with van der Waals surface area (Å²) in [6.07, 6.45) is 5.16. The maximum absolute atomic E-state index is 10.0. The second kappa shape index (κ2) is 7.75. The fourth-order valence-corrected chi connectivity index (χ4v) is 2.33. The van der Waals surface area contributed by atoms with Crippen LogP contribution in [0.15, 0.2) is 60.7 Å². The summed E-state index contributed by atoms with van der Waals surface area (Å²) in [6.45, 7) is 0. The van der Waals surface area contributed by atoms with Crippen LogP contribution in [0.4, 0.5) is 0 Å². The van der Waals surface area contributed by atoms with Gasteiger partial charge in [0, 0.05) is 0 Å². The molecule has 0 heterocycles. The smallest absolute Gasteiger partial charge is 0.0790 e. The number of unbranched alkanes of at least 4 members (excludes halogenated alkanes) is 2. The molecule has 0 bridgehead atoms. The summed E-state index contributed by atoms with van der Waals surface area (Å²) in [5.41, 5.74) is 2.44. The Kier molecular flexibility index (Phi) is 5.64. The molecule has 1 nitrogen and oxygen atoms in total. The van der Waals surface area contributed by atoms with E-state index in [1.54, 1.807) is 0 Å². The Morgan fingerprint density at radius 1 is 0.737 bits per heavy atom. The molecule has 1 unspecified atom stereocenters. The number of rotatable bonds is 7. The van der Waals surface area contributed by atoms with Crippen LogP contribution in [-0.4, -0.2) is 5.11 Å². The van der Waals surface area contributed by atoms with Crippen LogP contribution >= 0.6 is 0 Å². The van der Waals surface area contributed by atoms with E-state index in [1.165, 1.54) is 18.4 Å². The van der Waals surface area contributed by atoms with Crippen molar-refractivity contribution in [2.24, 2.45) is 0 Å². The lowest BCUT2D eigenvalue weighted by Gasteiger charge is -2.10. The van der Waals surface area contributed by atoms with Crippen molar-refractivity contribution in [1.82, 2.24) is 0 Å². The zero-order chi connectivity index (χ0) is 13.3. The van der Waals surface area contributed by atoms with Gasteiger partial charge in [0.25, 0.3) is 0 Å². The minimum Gasteiger partial charge on any atom is -0.388 e. The lowest BCUT2D eigenvalue weighted by Crippen LogP contribution is -1.97. The molecule has 1 heteroatoms. The van der Waals surface area contributed by atoms with Crippen molar-refractivity contribution in [1.29, 1.82) is 0 Å². The molecule has 19 heavy (non-hydrogen) atoms. The largest absolute Gasteiger partial charge is 0.388 e. The Morgan fingerprint density at radius 2 is 1.37 bits per heavy atom. The number of aliphatic hydroxyl groups is 1. The second-order valence-electron chi connectivity index (χ2n) is 5.01. The molecule has 0 saturated heterocycles. The highest BCUT2D eigenvalue weighted by Crippen LogP contribution is 2.19. The third-order valence-electron chi connectivity index (χ3n) is 3.47. The molecule has 2 aromatic rings. The SMILES string of the molecule is OC(CCCCCc1ccccc1)c1ccccc1. The van der Waals surface area contributed by atoms with Gasteiger partial charge in [0.1, 0.15) is 0 Å². The first-order valence-corrected chi connectivity index (χ1v) is 7.13. The predicted molar refractivity (Wildman–Crippen MR) is 80.0 cm³/mol. The van der Waals surface area contributed by atoms with E-state index in [0.29, 0.717) is 0 Å². The highest BCUT2D eigenvalue weighted by atomic mass is 16.3. The van der Waals surface area contributed by atoms with E-state index in [9.17, 15) is 5.11 Å². The van der Waals surface area contributed by atoms with Crippen LogP contribution in [-0.2, 0) is 6.42 Å². The molecule has 1 N–H and O–H groups in total. The molecule has 0 aliphatic rings. The molecule has 0 fully saturated rings. The van der Waals surface area contributed by atoms with E-state index < -0.39 is 0 Å². The predicted octanol–water partition coefficient (Wildman–Crippen LogP) is 4.52. The van der Waals surface area contributed by atoms with Crippen molar-refractivity contribution in [2.75, 3.05) is 0 Å². The zero-order valence-electron chi connectivity index (χ0n) is 11.3. The molecule has 100 valence electrons. The normalized spacial score (nSPS) is 12.3. The molecule has 2 rings (SSSR count). The van der Waals surface area contributed by atoms with Gasteiger partial charge in [0.2, 0.25) is 0 Å². The van der Waals surface area contributed by atoms with Crippen LogP contribution < -0.4 is 0 Å². The van der Waals surface area contributed by atoms with Crippen LogP contribution in [0.5, 0.6) is 0 Å². The summed E-state index contributed by atoms with van der Waals surface area (Å²) in [4.78, 5) is 0. The maximum Gasteiger partial charge on any atom is 0.0790 e. The van der Waals surface area contributed by atoms with E-state index in [2.05, 4.69) is 30.3 Å². The van der Waals surface area contributed by atoms with Crippen molar-refractivity contribution >= 4 is 0 Å². The highest BCUT2D eigenvalue weighted by molar-refractivity contribution is 5.17. The molecule has 0 spiro atoms. The summed E-state index contributed by atoms with van der Waals surface area (Å²) in [5, 5.41) is 10.0. The van der Waals surface area contributed by atoms with E-state index in [0.717, 1.165) is 24.8 Å². The average molecular weight is 254 g/mol. The monoisotopic (exact) mass is 254 g/mol. The number of hydrogen-bond acceptors (Lipinski definition) is 1. The van der Waals surface area contributed by atoms with Gasteiger partial charge in [-0.2, -0.15) is 0 Å². The summed E-state index contributed by atoms with van der Waals surface area (Å²) in [7, 11) is 0. The number of aliphatic hydroxyl groups excluding tert-OH is 1.